The molecule has 21 heavy (non-hydrogen) atoms. The molecule has 0 bridgehead atoms. The summed E-state index contributed by atoms with van der Waals surface area (Å²) >= 11 is 0. The van der Waals surface area contributed by atoms with E-state index in [-0.39, 0.29) is 11.5 Å². The molecule has 0 spiro atoms. The molecule has 0 aliphatic heterocycles. The van der Waals surface area contributed by atoms with Crippen LogP contribution in [0.3, 0.4) is 0 Å². The van der Waals surface area contributed by atoms with Crippen molar-refractivity contribution in [3.63, 3.8) is 0 Å². The van der Waals surface area contributed by atoms with E-state index in [4.69, 9.17) is 10.5 Å². The molecule has 3 N–H and O–H groups in total. The lowest BCUT2D eigenvalue weighted by molar-refractivity contribution is -0.136. The number of nitrogens with one attached hydrogen (secondary N) is 1. The first kappa shape index (κ1) is 16.5. The Labute approximate surface area is 123 Å². The standard InChI is InChI=1S/C14H19N3O4/c1-14(2,3)21-13(19)17-10(12(18)20-4)8-9-6-5-7-16-11(9)15/h5-8H,1-4H3,(H2,15,16)(H,17,19). The van der Waals surface area contributed by atoms with Crippen molar-refractivity contribution < 1.29 is 19.1 Å². The van der Waals surface area contributed by atoms with Crippen molar-refractivity contribution in [1.82, 2.24) is 10.3 Å². The van der Waals surface area contributed by atoms with Crippen LogP contribution in [0.4, 0.5) is 10.6 Å². The summed E-state index contributed by atoms with van der Waals surface area (Å²) in [5.74, 6) is -0.492. The van der Waals surface area contributed by atoms with Crippen molar-refractivity contribution in [1.29, 1.82) is 0 Å². The van der Waals surface area contributed by atoms with Crippen molar-refractivity contribution in [2.75, 3.05) is 12.8 Å². The van der Waals surface area contributed by atoms with Crippen molar-refractivity contribution in [3.05, 3.63) is 29.6 Å². The Morgan fingerprint density at radius 3 is 2.57 bits per heavy atom. The number of nitrogens with two attached hydrogens (primary N) is 1. The largest absolute Gasteiger partial charge is 0.464 e. The van der Waals surface area contributed by atoms with Crippen LogP contribution in [0, 0.1) is 0 Å². The van der Waals surface area contributed by atoms with E-state index in [1.165, 1.54) is 19.4 Å². The molecule has 1 heterocycles. The number of hydrogen-bond acceptors (Lipinski definition) is 6. The Kier molecular flexibility index (Phi) is 5.29. The fraction of sp³-hybridized carbons (Fsp3) is 0.357. The molecule has 0 aliphatic rings. The highest BCUT2D eigenvalue weighted by Gasteiger charge is 2.20. The SMILES string of the molecule is COC(=O)C(=Cc1cccnc1N)NC(=O)OC(C)(C)C. The van der Waals surface area contributed by atoms with Crippen LogP contribution >= 0.6 is 0 Å². The maximum Gasteiger partial charge on any atom is 0.412 e. The highest BCUT2D eigenvalue weighted by atomic mass is 16.6. The van der Waals surface area contributed by atoms with Gasteiger partial charge in [0.25, 0.3) is 0 Å². The molecular weight excluding hydrogens is 274 g/mol. The number of aromatic nitrogens is 1. The zero-order valence-electron chi connectivity index (χ0n) is 12.5. The molecule has 0 unspecified atom stereocenters. The second-order valence-electron chi connectivity index (χ2n) is 5.15. The van der Waals surface area contributed by atoms with Gasteiger partial charge < -0.3 is 15.2 Å². The van der Waals surface area contributed by atoms with Gasteiger partial charge in [-0.25, -0.2) is 14.6 Å². The van der Waals surface area contributed by atoms with Crippen molar-refractivity contribution in [2.45, 2.75) is 26.4 Å². The number of alkyl carbamates (subject to hydrolysis) is 1. The van der Waals surface area contributed by atoms with Crippen LogP contribution in [0.2, 0.25) is 0 Å². The summed E-state index contributed by atoms with van der Waals surface area (Å²) in [6, 6.07) is 3.31. The lowest BCUT2D eigenvalue weighted by Gasteiger charge is -2.20. The van der Waals surface area contributed by atoms with Gasteiger partial charge in [-0.1, -0.05) is 0 Å². The van der Waals surface area contributed by atoms with Crippen LogP contribution in [-0.2, 0) is 14.3 Å². The smallest absolute Gasteiger partial charge is 0.412 e. The molecule has 7 heteroatoms. The van der Waals surface area contributed by atoms with E-state index >= 15 is 0 Å². The number of carbonyl (C=O) groups excluding carboxylic acids is 2. The Balaban J connectivity index is 3.00. The molecular formula is C14H19N3O4. The van der Waals surface area contributed by atoms with E-state index in [0.717, 1.165) is 0 Å². The van der Waals surface area contributed by atoms with Gasteiger partial charge >= 0.3 is 12.1 Å². The molecule has 0 saturated heterocycles. The number of nitrogens with zero attached hydrogens (tertiary/aromatic N) is 1. The second-order valence-corrected chi connectivity index (χ2v) is 5.15. The van der Waals surface area contributed by atoms with Gasteiger partial charge in [0, 0.05) is 11.8 Å². The van der Waals surface area contributed by atoms with Crippen molar-refractivity contribution in [2.24, 2.45) is 0 Å². The van der Waals surface area contributed by atoms with Crippen LogP contribution < -0.4 is 11.1 Å². The number of anilines is 1. The van der Waals surface area contributed by atoms with E-state index in [1.807, 2.05) is 0 Å². The van der Waals surface area contributed by atoms with E-state index in [0.29, 0.717) is 5.56 Å². The molecule has 1 amide bonds. The molecule has 0 saturated carbocycles. The zero-order chi connectivity index (χ0) is 16.0. The third kappa shape index (κ3) is 5.52. The fourth-order valence-corrected chi connectivity index (χ4v) is 1.38. The van der Waals surface area contributed by atoms with Gasteiger partial charge in [0.05, 0.1) is 7.11 Å². The maximum absolute atomic E-state index is 11.7. The number of methoxy groups -OCH3 is 1. The Morgan fingerprint density at radius 2 is 2.05 bits per heavy atom. The number of carbonyl (C=O) groups is 2. The predicted octanol–water partition coefficient (Wildman–Crippen LogP) is 1.70. The van der Waals surface area contributed by atoms with Gasteiger partial charge in [-0.3, -0.25) is 5.32 Å². The second kappa shape index (κ2) is 6.74. The summed E-state index contributed by atoms with van der Waals surface area (Å²) in [5, 5.41) is 2.34. The highest BCUT2D eigenvalue weighted by molar-refractivity contribution is 5.97. The average Bonchev–Trinajstić information content (AvgIpc) is 2.37. The number of rotatable bonds is 3. The van der Waals surface area contributed by atoms with E-state index < -0.39 is 17.7 Å². The number of hydrogen-bond donors (Lipinski definition) is 2. The highest BCUT2D eigenvalue weighted by Crippen LogP contribution is 2.13. The number of nitrogen functional groups attached to an aromatic ring is 1. The summed E-state index contributed by atoms with van der Waals surface area (Å²) in [4.78, 5) is 27.3. The first-order valence-electron chi connectivity index (χ1n) is 6.23. The van der Waals surface area contributed by atoms with Crippen molar-refractivity contribution >= 4 is 24.0 Å². The van der Waals surface area contributed by atoms with Crippen LogP contribution in [0.25, 0.3) is 6.08 Å². The van der Waals surface area contributed by atoms with Gasteiger partial charge in [0.15, 0.2) is 0 Å². The maximum atomic E-state index is 11.7. The molecule has 0 radical (unpaired) electrons. The van der Waals surface area contributed by atoms with Crippen molar-refractivity contribution in [3.8, 4) is 0 Å². The number of amides is 1. The Bertz CT molecular complexity index is 562. The van der Waals surface area contributed by atoms with Gasteiger partial charge in [0.2, 0.25) is 0 Å². The van der Waals surface area contributed by atoms with E-state index in [2.05, 4.69) is 15.0 Å². The summed E-state index contributed by atoms with van der Waals surface area (Å²) in [6.45, 7) is 5.15. The quantitative estimate of drug-likeness (QED) is 0.649. The molecule has 1 aromatic rings. The van der Waals surface area contributed by atoms with Crippen LogP contribution in [0.5, 0.6) is 0 Å². The summed E-state index contributed by atoms with van der Waals surface area (Å²) in [6.07, 6.45) is 2.13. The molecule has 114 valence electrons. The number of ether oxygens (including phenoxy) is 2. The first-order chi connectivity index (χ1) is 9.73. The minimum absolute atomic E-state index is 0.0912. The normalized spacial score (nSPS) is 11.7. The molecule has 7 nitrogen and oxygen atoms in total. The van der Waals surface area contributed by atoms with Gasteiger partial charge in [0.1, 0.15) is 17.1 Å². The molecule has 0 fully saturated rings. The summed E-state index contributed by atoms with van der Waals surface area (Å²) in [5.41, 5.74) is 5.40. The number of esters is 1. The monoisotopic (exact) mass is 293 g/mol. The number of pyridine rings is 1. The molecule has 1 aromatic heterocycles. The molecule has 0 atom stereocenters. The van der Waals surface area contributed by atoms with Gasteiger partial charge in [-0.2, -0.15) is 0 Å². The summed E-state index contributed by atoms with van der Waals surface area (Å²) < 4.78 is 9.70. The lowest BCUT2D eigenvalue weighted by Crippen LogP contribution is -2.34. The minimum atomic E-state index is -0.762. The van der Waals surface area contributed by atoms with Gasteiger partial charge in [-0.05, 0) is 39.0 Å². The lowest BCUT2D eigenvalue weighted by atomic mass is 10.2. The molecule has 1 rings (SSSR count). The molecule has 0 aromatic carbocycles. The van der Waals surface area contributed by atoms with E-state index in [9.17, 15) is 9.59 Å². The fourth-order valence-electron chi connectivity index (χ4n) is 1.38. The topological polar surface area (TPSA) is 104 Å². The van der Waals surface area contributed by atoms with Gasteiger partial charge in [-0.15, -0.1) is 0 Å². The minimum Gasteiger partial charge on any atom is -0.464 e. The summed E-state index contributed by atoms with van der Waals surface area (Å²) in [7, 11) is 1.21. The average molecular weight is 293 g/mol. The molecule has 0 aliphatic carbocycles. The van der Waals surface area contributed by atoms with Crippen LogP contribution in [0.1, 0.15) is 26.3 Å². The predicted molar refractivity (Wildman–Crippen MR) is 78.0 cm³/mol. The Morgan fingerprint density at radius 1 is 1.38 bits per heavy atom. The zero-order valence-corrected chi connectivity index (χ0v) is 12.5. The third-order valence-corrected chi connectivity index (χ3v) is 2.21. The van der Waals surface area contributed by atoms with Crippen LogP contribution in [0.15, 0.2) is 24.0 Å². The van der Waals surface area contributed by atoms with Crippen LogP contribution in [-0.4, -0.2) is 29.8 Å². The first-order valence-corrected chi connectivity index (χ1v) is 6.23. The third-order valence-electron chi connectivity index (χ3n) is 2.21. The van der Waals surface area contributed by atoms with E-state index in [1.54, 1.807) is 32.9 Å². The Hall–Kier alpha value is -2.57.